The van der Waals surface area contributed by atoms with Crippen molar-refractivity contribution in [3.8, 4) is 11.5 Å². The lowest BCUT2D eigenvalue weighted by Gasteiger charge is -2.37. The fourth-order valence-corrected chi connectivity index (χ4v) is 6.08. The van der Waals surface area contributed by atoms with E-state index in [1.165, 1.54) is 0 Å². The van der Waals surface area contributed by atoms with E-state index in [4.69, 9.17) is 35.3 Å². The Morgan fingerprint density at radius 3 is 2.21 bits per heavy atom. The fourth-order valence-electron chi connectivity index (χ4n) is 5.92. The number of fused-ring (bicyclic) bond motifs is 1. The number of aromatic nitrogens is 4. The standard InChI is InChI=1S/C35H37ClN6O6/c1-41(2)21-38-34-39-32-31(33(43)40-34)37-22-42(32)30-18-28(46-20-36)29(48-30)19-47-35(23-8-6-5-7-9-23,24-10-14-26(44-3)15-11-24)25-12-16-27(45-4)17-13-25/h5-17,21-22,28-30H,18-20H2,1-4H3,(H,39,40,43)/b38-21-/t28?,29-,30-/m1/s1. The third-order valence-electron chi connectivity index (χ3n) is 8.24. The van der Waals surface area contributed by atoms with Crippen LogP contribution in [0.5, 0.6) is 11.5 Å². The molecule has 6 rings (SSSR count). The summed E-state index contributed by atoms with van der Waals surface area (Å²) in [6.45, 7) is 0.129. The summed E-state index contributed by atoms with van der Waals surface area (Å²) in [5.74, 6) is 1.60. The molecule has 5 aromatic rings. The molecule has 1 unspecified atom stereocenters. The number of benzene rings is 3. The van der Waals surface area contributed by atoms with E-state index in [1.54, 1.807) is 36.4 Å². The summed E-state index contributed by atoms with van der Waals surface area (Å²) in [4.78, 5) is 30.4. The Morgan fingerprint density at radius 1 is 1.00 bits per heavy atom. The number of nitrogens with one attached hydrogen (secondary N) is 1. The van der Waals surface area contributed by atoms with Crippen LogP contribution >= 0.6 is 11.6 Å². The van der Waals surface area contributed by atoms with E-state index in [9.17, 15) is 4.79 Å². The number of ether oxygens (including phenoxy) is 5. The molecule has 3 heterocycles. The second-order valence-corrected chi connectivity index (χ2v) is 11.6. The van der Waals surface area contributed by atoms with Crippen LogP contribution in [-0.4, -0.2) is 84.0 Å². The van der Waals surface area contributed by atoms with Crippen molar-refractivity contribution in [3.63, 3.8) is 0 Å². The predicted octanol–water partition coefficient (Wildman–Crippen LogP) is 5.24. The molecule has 0 aliphatic carbocycles. The van der Waals surface area contributed by atoms with Crippen LogP contribution in [0.15, 0.2) is 95.0 Å². The predicted molar refractivity (Wildman–Crippen MR) is 182 cm³/mol. The minimum absolute atomic E-state index is 0.0377. The van der Waals surface area contributed by atoms with Crippen LogP contribution in [-0.2, 0) is 19.8 Å². The molecule has 1 saturated heterocycles. The van der Waals surface area contributed by atoms with Crippen LogP contribution in [0.4, 0.5) is 5.95 Å². The van der Waals surface area contributed by atoms with Gasteiger partial charge < -0.3 is 28.6 Å². The van der Waals surface area contributed by atoms with Gasteiger partial charge >= 0.3 is 0 Å². The monoisotopic (exact) mass is 672 g/mol. The fraction of sp³-hybridized carbons (Fsp3) is 0.314. The first-order chi connectivity index (χ1) is 23.4. The highest BCUT2D eigenvalue weighted by Gasteiger charge is 2.43. The molecule has 0 saturated carbocycles. The second kappa shape index (κ2) is 14.6. The maximum absolute atomic E-state index is 12.8. The van der Waals surface area contributed by atoms with Crippen molar-refractivity contribution in [2.45, 2.75) is 30.5 Å². The number of rotatable bonds is 13. The first kappa shape index (κ1) is 33.2. The Kier molecular flexibility index (Phi) is 10.1. The molecule has 250 valence electrons. The topological polar surface area (TPSA) is 125 Å². The number of imidazole rings is 1. The summed E-state index contributed by atoms with van der Waals surface area (Å²) in [5.41, 5.74) is 1.76. The van der Waals surface area contributed by atoms with Gasteiger partial charge in [-0.1, -0.05) is 66.2 Å². The highest BCUT2D eigenvalue weighted by molar-refractivity contribution is 6.17. The molecule has 0 bridgehead atoms. The van der Waals surface area contributed by atoms with E-state index in [0.717, 1.165) is 28.2 Å². The second-order valence-electron chi connectivity index (χ2n) is 11.4. The molecular formula is C35H37ClN6O6. The Morgan fingerprint density at radius 2 is 1.62 bits per heavy atom. The molecule has 1 fully saturated rings. The number of hydrogen-bond acceptors (Lipinski definition) is 9. The molecule has 0 radical (unpaired) electrons. The molecule has 12 nitrogen and oxygen atoms in total. The van der Waals surface area contributed by atoms with Gasteiger partial charge in [-0.15, -0.1) is 0 Å². The average Bonchev–Trinajstić information content (AvgIpc) is 3.73. The zero-order valence-corrected chi connectivity index (χ0v) is 27.8. The largest absolute Gasteiger partial charge is 0.497 e. The zero-order valence-electron chi connectivity index (χ0n) is 27.1. The molecular weight excluding hydrogens is 636 g/mol. The first-order valence-corrected chi connectivity index (χ1v) is 15.9. The minimum Gasteiger partial charge on any atom is -0.497 e. The molecule has 3 atom stereocenters. The minimum atomic E-state index is -1.05. The summed E-state index contributed by atoms with van der Waals surface area (Å²) >= 11 is 6.11. The first-order valence-electron chi connectivity index (χ1n) is 15.3. The van der Waals surface area contributed by atoms with Crippen molar-refractivity contribution in [2.24, 2.45) is 4.99 Å². The van der Waals surface area contributed by atoms with Crippen LogP contribution < -0.4 is 15.0 Å². The number of methoxy groups -OCH3 is 2. The Bertz CT molecular complexity index is 1850. The quantitative estimate of drug-likeness (QED) is 0.0774. The zero-order chi connectivity index (χ0) is 33.7. The maximum Gasteiger partial charge on any atom is 0.280 e. The summed E-state index contributed by atoms with van der Waals surface area (Å²) in [6, 6.07) is 25.6. The SMILES string of the molecule is COc1ccc(C(OC[C@H]2O[C@@H](n3cnc4c(=O)[nH]c(/N=C\N(C)C)nc43)CC2OCCl)(c2ccccc2)c2ccc(OC)cc2)cc1. The Labute approximate surface area is 282 Å². The van der Waals surface area contributed by atoms with E-state index in [1.807, 2.05) is 93.0 Å². The van der Waals surface area contributed by atoms with Crippen molar-refractivity contribution >= 4 is 35.1 Å². The molecule has 1 aliphatic rings. The van der Waals surface area contributed by atoms with Crippen LogP contribution in [0.3, 0.4) is 0 Å². The summed E-state index contributed by atoms with van der Waals surface area (Å²) in [5, 5.41) is 0. The van der Waals surface area contributed by atoms with Gasteiger partial charge in [0.2, 0.25) is 5.95 Å². The third kappa shape index (κ3) is 6.65. The number of alkyl halides is 1. The van der Waals surface area contributed by atoms with E-state index in [0.29, 0.717) is 12.1 Å². The smallest absolute Gasteiger partial charge is 0.280 e. The molecule has 3 aromatic carbocycles. The lowest BCUT2D eigenvalue weighted by molar-refractivity contribution is -0.0994. The number of hydrogen-bond donors (Lipinski definition) is 1. The number of nitrogens with zero attached hydrogens (tertiary/aromatic N) is 5. The molecule has 48 heavy (non-hydrogen) atoms. The van der Waals surface area contributed by atoms with Gasteiger partial charge in [-0.3, -0.25) is 14.3 Å². The van der Waals surface area contributed by atoms with Crippen molar-refractivity contribution < 1.29 is 23.7 Å². The molecule has 13 heteroatoms. The van der Waals surface area contributed by atoms with Gasteiger partial charge in [0.1, 0.15) is 35.5 Å². The van der Waals surface area contributed by atoms with Crippen molar-refractivity contribution in [1.82, 2.24) is 24.4 Å². The molecule has 0 amide bonds. The van der Waals surface area contributed by atoms with E-state index in [2.05, 4.69) is 19.9 Å². The number of H-pyrrole nitrogens is 1. The van der Waals surface area contributed by atoms with Crippen LogP contribution in [0.25, 0.3) is 11.2 Å². The normalized spacial score (nSPS) is 18.1. The van der Waals surface area contributed by atoms with Crippen molar-refractivity contribution in [2.75, 3.05) is 41.0 Å². The van der Waals surface area contributed by atoms with Gasteiger partial charge in [0.05, 0.1) is 39.6 Å². The highest BCUT2D eigenvalue weighted by atomic mass is 35.5. The molecule has 0 spiro atoms. The van der Waals surface area contributed by atoms with E-state index < -0.39 is 29.6 Å². The van der Waals surface area contributed by atoms with Crippen molar-refractivity contribution in [1.29, 1.82) is 0 Å². The Hall–Kier alpha value is -4.75. The Balaban J connectivity index is 1.38. The van der Waals surface area contributed by atoms with Gasteiger partial charge in [-0.25, -0.2) is 9.98 Å². The van der Waals surface area contributed by atoms with Crippen LogP contribution in [0.2, 0.25) is 0 Å². The lowest BCUT2D eigenvalue weighted by atomic mass is 9.80. The van der Waals surface area contributed by atoms with Gasteiger partial charge in [-0.05, 0) is 41.0 Å². The molecule has 1 aliphatic heterocycles. The third-order valence-corrected chi connectivity index (χ3v) is 8.36. The highest BCUT2D eigenvalue weighted by Crippen LogP contribution is 2.43. The van der Waals surface area contributed by atoms with Gasteiger partial charge in [0.15, 0.2) is 11.2 Å². The van der Waals surface area contributed by atoms with Crippen LogP contribution in [0.1, 0.15) is 29.3 Å². The summed E-state index contributed by atoms with van der Waals surface area (Å²) in [6.07, 6.45) is 1.97. The number of halogens is 1. The maximum atomic E-state index is 12.8. The summed E-state index contributed by atoms with van der Waals surface area (Å²) in [7, 11) is 6.92. The summed E-state index contributed by atoms with van der Waals surface area (Å²) < 4.78 is 32.4. The van der Waals surface area contributed by atoms with Crippen LogP contribution in [0, 0.1) is 0 Å². The molecule has 1 N–H and O–H groups in total. The van der Waals surface area contributed by atoms with E-state index in [-0.39, 0.29) is 24.1 Å². The van der Waals surface area contributed by atoms with Crippen molar-refractivity contribution in [3.05, 3.63) is 112 Å². The average molecular weight is 673 g/mol. The van der Waals surface area contributed by atoms with Gasteiger partial charge in [0.25, 0.3) is 5.56 Å². The van der Waals surface area contributed by atoms with Gasteiger partial charge in [0, 0.05) is 20.5 Å². The lowest BCUT2D eigenvalue weighted by Crippen LogP contribution is -2.38. The van der Waals surface area contributed by atoms with E-state index >= 15 is 0 Å². The van der Waals surface area contributed by atoms with Gasteiger partial charge in [-0.2, -0.15) is 4.98 Å². The number of aliphatic imine (C=N–C) groups is 1. The number of aromatic amines is 1. The molecule has 2 aromatic heterocycles.